The fourth-order valence-electron chi connectivity index (χ4n) is 3.02. The highest BCUT2D eigenvalue weighted by atomic mass is 19.1. The molecule has 0 aromatic heterocycles. The zero-order valence-corrected chi connectivity index (χ0v) is 15.2. The van der Waals surface area contributed by atoms with Gasteiger partial charge in [0.15, 0.2) is 0 Å². The molecule has 1 saturated heterocycles. The molecule has 1 aliphatic heterocycles. The van der Waals surface area contributed by atoms with E-state index < -0.39 is 6.09 Å². The van der Waals surface area contributed by atoms with Crippen molar-refractivity contribution in [2.45, 2.75) is 6.92 Å². The summed E-state index contributed by atoms with van der Waals surface area (Å²) < 4.78 is 17.9. The van der Waals surface area contributed by atoms with Gasteiger partial charge in [0, 0.05) is 43.1 Å². The standard InChI is InChI=1S/C20H22FN3O3/c1-2-27-20(26)22-17-5-3-4-15(14-17)19(25)24-12-10-23(11-13-24)18-8-6-16(21)7-9-18/h3-9,14H,2,10-13H2,1H3,(H,22,26). The van der Waals surface area contributed by atoms with Gasteiger partial charge in [0.05, 0.1) is 6.61 Å². The van der Waals surface area contributed by atoms with E-state index in [-0.39, 0.29) is 18.3 Å². The van der Waals surface area contributed by atoms with Crippen molar-refractivity contribution in [2.75, 3.05) is 43.0 Å². The average Bonchev–Trinajstić information content (AvgIpc) is 2.68. The van der Waals surface area contributed by atoms with E-state index in [2.05, 4.69) is 10.2 Å². The first-order valence-corrected chi connectivity index (χ1v) is 8.90. The molecule has 3 rings (SSSR count). The van der Waals surface area contributed by atoms with Gasteiger partial charge in [-0.15, -0.1) is 0 Å². The van der Waals surface area contributed by atoms with E-state index in [0.717, 1.165) is 5.69 Å². The summed E-state index contributed by atoms with van der Waals surface area (Å²) in [6.45, 7) is 4.52. The first-order chi connectivity index (χ1) is 13.1. The number of hydrogen-bond acceptors (Lipinski definition) is 4. The number of carbonyl (C=O) groups is 2. The van der Waals surface area contributed by atoms with Gasteiger partial charge in [0.2, 0.25) is 0 Å². The maximum absolute atomic E-state index is 13.1. The molecular formula is C20H22FN3O3. The van der Waals surface area contributed by atoms with Crippen LogP contribution in [0.4, 0.5) is 20.6 Å². The van der Waals surface area contributed by atoms with Crippen LogP contribution in [-0.2, 0) is 4.74 Å². The highest BCUT2D eigenvalue weighted by Gasteiger charge is 2.22. The fourth-order valence-corrected chi connectivity index (χ4v) is 3.02. The number of hydrogen-bond donors (Lipinski definition) is 1. The zero-order chi connectivity index (χ0) is 19.2. The normalized spacial score (nSPS) is 14.0. The number of anilines is 2. The number of benzene rings is 2. The van der Waals surface area contributed by atoms with Crippen molar-refractivity contribution in [2.24, 2.45) is 0 Å². The molecule has 2 aromatic rings. The van der Waals surface area contributed by atoms with Crippen LogP contribution in [0.1, 0.15) is 17.3 Å². The predicted molar refractivity (Wildman–Crippen MR) is 102 cm³/mol. The molecule has 0 saturated carbocycles. The highest BCUT2D eigenvalue weighted by molar-refractivity contribution is 5.96. The van der Waals surface area contributed by atoms with Gasteiger partial charge in [-0.1, -0.05) is 6.07 Å². The highest BCUT2D eigenvalue weighted by Crippen LogP contribution is 2.19. The van der Waals surface area contributed by atoms with Gasteiger partial charge in [-0.3, -0.25) is 10.1 Å². The predicted octanol–water partition coefficient (Wildman–Crippen LogP) is 3.36. The third-order valence-electron chi connectivity index (χ3n) is 4.39. The topological polar surface area (TPSA) is 61.9 Å². The van der Waals surface area contributed by atoms with E-state index >= 15 is 0 Å². The number of halogens is 1. The van der Waals surface area contributed by atoms with Gasteiger partial charge in [-0.05, 0) is 49.4 Å². The van der Waals surface area contributed by atoms with Crippen molar-refractivity contribution in [3.05, 3.63) is 59.9 Å². The molecule has 0 radical (unpaired) electrons. The van der Waals surface area contributed by atoms with Gasteiger partial charge in [-0.25, -0.2) is 9.18 Å². The Labute approximate surface area is 157 Å². The molecule has 2 aromatic carbocycles. The quantitative estimate of drug-likeness (QED) is 0.895. The van der Waals surface area contributed by atoms with E-state index in [4.69, 9.17) is 4.74 Å². The molecule has 0 atom stereocenters. The van der Waals surface area contributed by atoms with Crippen LogP contribution in [0.2, 0.25) is 0 Å². The van der Waals surface area contributed by atoms with E-state index in [1.54, 1.807) is 48.2 Å². The summed E-state index contributed by atoms with van der Waals surface area (Å²) in [5.74, 6) is -0.342. The maximum Gasteiger partial charge on any atom is 0.411 e. The van der Waals surface area contributed by atoms with Crippen molar-refractivity contribution in [1.29, 1.82) is 0 Å². The molecule has 0 spiro atoms. The summed E-state index contributed by atoms with van der Waals surface area (Å²) in [7, 11) is 0. The second kappa shape index (κ2) is 8.53. The minimum absolute atomic E-state index is 0.0822. The van der Waals surface area contributed by atoms with Crippen molar-refractivity contribution < 1.29 is 18.7 Å². The Balaban J connectivity index is 1.60. The van der Waals surface area contributed by atoms with Crippen LogP contribution >= 0.6 is 0 Å². The molecule has 0 aliphatic carbocycles. The Morgan fingerprint density at radius 2 is 1.78 bits per heavy atom. The Morgan fingerprint density at radius 3 is 2.44 bits per heavy atom. The molecule has 27 heavy (non-hydrogen) atoms. The number of nitrogens with one attached hydrogen (secondary N) is 1. The Morgan fingerprint density at radius 1 is 1.07 bits per heavy atom. The third-order valence-corrected chi connectivity index (χ3v) is 4.39. The van der Waals surface area contributed by atoms with Crippen LogP contribution in [0.15, 0.2) is 48.5 Å². The van der Waals surface area contributed by atoms with Crippen molar-refractivity contribution in [3.8, 4) is 0 Å². The molecule has 1 N–H and O–H groups in total. The largest absolute Gasteiger partial charge is 0.450 e. The Hall–Kier alpha value is -3.09. The van der Waals surface area contributed by atoms with Gasteiger partial charge in [0.25, 0.3) is 5.91 Å². The average molecular weight is 371 g/mol. The molecule has 0 unspecified atom stereocenters. The van der Waals surface area contributed by atoms with Gasteiger partial charge in [0.1, 0.15) is 5.82 Å². The summed E-state index contributed by atoms with van der Waals surface area (Å²) in [5, 5.41) is 2.60. The zero-order valence-electron chi connectivity index (χ0n) is 15.2. The second-order valence-corrected chi connectivity index (χ2v) is 6.18. The molecule has 1 fully saturated rings. The third kappa shape index (κ3) is 4.75. The lowest BCUT2D eigenvalue weighted by Crippen LogP contribution is -2.48. The number of nitrogens with zero attached hydrogens (tertiary/aromatic N) is 2. The van der Waals surface area contributed by atoms with Crippen LogP contribution in [-0.4, -0.2) is 49.7 Å². The molecular weight excluding hydrogens is 349 g/mol. The summed E-state index contributed by atoms with van der Waals surface area (Å²) in [6.07, 6.45) is -0.546. The van der Waals surface area contributed by atoms with Crippen LogP contribution in [0, 0.1) is 5.82 Å². The maximum atomic E-state index is 13.1. The van der Waals surface area contributed by atoms with Crippen LogP contribution in [0.5, 0.6) is 0 Å². The lowest BCUT2D eigenvalue weighted by Gasteiger charge is -2.36. The van der Waals surface area contributed by atoms with Gasteiger partial charge < -0.3 is 14.5 Å². The van der Waals surface area contributed by atoms with Crippen LogP contribution in [0.25, 0.3) is 0 Å². The SMILES string of the molecule is CCOC(=O)Nc1cccc(C(=O)N2CCN(c3ccc(F)cc3)CC2)c1. The fraction of sp³-hybridized carbons (Fsp3) is 0.300. The van der Waals surface area contributed by atoms with Crippen molar-refractivity contribution >= 4 is 23.4 Å². The van der Waals surface area contributed by atoms with Gasteiger partial charge in [-0.2, -0.15) is 0 Å². The molecule has 7 heteroatoms. The van der Waals surface area contributed by atoms with E-state index in [1.165, 1.54) is 12.1 Å². The number of carbonyl (C=O) groups excluding carboxylic acids is 2. The minimum atomic E-state index is -0.546. The van der Waals surface area contributed by atoms with E-state index in [1.807, 2.05) is 0 Å². The molecule has 142 valence electrons. The smallest absolute Gasteiger partial charge is 0.411 e. The summed E-state index contributed by atoms with van der Waals surface area (Å²) in [5.41, 5.74) is 1.98. The van der Waals surface area contributed by atoms with Crippen LogP contribution < -0.4 is 10.2 Å². The van der Waals surface area contributed by atoms with Crippen molar-refractivity contribution in [1.82, 2.24) is 4.90 Å². The molecule has 2 amide bonds. The summed E-state index contributed by atoms with van der Waals surface area (Å²) >= 11 is 0. The lowest BCUT2D eigenvalue weighted by molar-refractivity contribution is 0.0746. The number of piperazine rings is 1. The Bertz CT molecular complexity index is 802. The number of rotatable bonds is 4. The minimum Gasteiger partial charge on any atom is -0.450 e. The lowest BCUT2D eigenvalue weighted by atomic mass is 10.1. The van der Waals surface area contributed by atoms with Crippen molar-refractivity contribution in [3.63, 3.8) is 0 Å². The molecule has 1 heterocycles. The van der Waals surface area contributed by atoms with Gasteiger partial charge >= 0.3 is 6.09 Å². The Kier molecular flexibility index (Phi) is 5.90. The molecule has 0 bridgehead atoms. The molecule has 1 aliphatic rings. The summed E-state index contributed by atoms with van der Waals surface area (Å²) in [6, 6.07) is 13.2. The second-order valence-electron chi connectivity index (χ2n) is 6.18. The van der Waals surface area contributed by atoms with E-state index in [0.29, 0.717) is 37.4 Å². The van der Waals surface area contributed by atoms with Crippen LogP contribution in [0.3, 0.4) is 0 Å². The molecule has 6 nitrogen and oxygen atoms in total. The van der Waals surface area contributed by atoms with E-state index in [9.17, 15) is 14.0 Å². The first-order valence-electron chi connectivity index (χ1n) is 8.90. The monoisotopic (exact) mass is 371 g/mol. The first kappa shape index (κ1) is 18.7. The summed E-state index contributed by atoms with van der Waals surface area (Å²) in [4.78, 5) is 28.2. The number of ether oxygens (including phenoxy) is 1. The number of amides is 2.